The van der Waals surface area contributed by atoms with E-state index in [0.29, 0.717) is 0 Å². The van der Waals surface area contributed by atoms with Gasteiger partial charge in [0, 0.05) is 5.69 Å². The van der Waals surface area contributed by atoms with Gasteiger partial charge >= 0.3 is 5.97 Å². The molecule has 0 radical (unpaired) electrons. The van der Waals surface area contributed by atoms with Crippen LogP contribution in [0.3, 0.4) is 0 Å². The van der Waals surface area contributed by atoms with Crippen molar-refractivity contribution in [3.8, 4) is 0 Å². The predicted molar refractivity (Wildman–Crippen MR) is 72.2 cm³/mol. The summed E-state index contributed by atoms with van der Waals surface area (Å²) in [6.45, 7) is 5.04. The number of aliphatic carboxylic acids is 1. The van der Waals surface area contributed by atoms with E-state index >= 15 is 0 Å². The number of carbonyl (C=O) groups is 2. The van der Waals surface area contributed by atoms with Crippen LogP contribution in [0.25, 0.3) is 0 Å². The Balaban J connectivity index is 2.65. The number of amides is 1. The lowest BCUT2D eigenvalue weighted by Gasteiger charge is -2.14. The molecular weight excluding hydrogens is 246 g/mol. The van der Waals surface area contributed by atoms with E-state index in [1.54, 1.807) is 0 Å². The zero-order valence-corrected chi connectivity index (χ0v) is 11.4. The lowest BCUT2D eigenvalue weighted by molar-refractivity contribution is -0.150. The second-order valence-electron chi connectivity index (χ2n) is 4.30. The molecule has 0 aliphatic heterocycles. The van der Waals surface area contributed by atoms with Crippen molar-refractivity contribution in [3.05, 3.63) is 29.3 Å². The van der Waals surface area contributed by atoms with Gasteiger partial charge in [0.25, 0.3) is 0 Å². The van der Waals surface area contributed by atoms with Crippen LogP contribution in [0.2, 0.25) is 0 Å². The molecule has 5 nitrogen and oxygen atoms in total. The van der Waals surface area contributed by atoms with Crippen molar-refractivity contribution in [2.75, 3.05) is 11.9 Å². The minimum atomic E-state index is -1.09. The molecule has 1 aromatic carbocycles. The van der Waals surface area contributed by atoms with Crippen LogP contribution in [-0.4, -0.2) is 29.7 Å². The number of carbonyl (C=O) groups excluding carboxylic acids is 1. The molecule has 0 saturated heterocycles. The quantitative estimate of drug-likeness (QED) is 0.824. The first kappa shape index (κ1) is 15.2. The SMILES string of the molecule is CCc1cccc(C)c1NC(=O)CO[C@H](C)C(=O)O. The van der Waals surface area contributed by atoms with Crippen LogP contribution in [0.1, 0.15) is 25.0 Å². The summed E-state index contributed by atoms with van der Waals surface area (Å²) in [5, 5.41) is 11.4. The Morgan fingerprint density at radius 1 is 1.42 bits per heavy atom. The zero-order chi connectivity index (χ0) is 14.4. The lowest BCUT2D eigenvalue weighted by Crippen LogP contribution is -2.27. The number of ether oxygens (including phenoxy) is 1. The van der Waals surface area contributed by atoms with Crippen LogP contribution in [0.4, 0.5) is 5.69 Å². The number of hydrogen-bond donors (Lipinski definition) is 2. The molecule has 0 aliphatic rings. The molecular formula is C14H19NO4. The Morgan fingerprint density at radius 3 is 2.68 bits per heavy atom. The highest BCUT2D eigenvalue weighted by atomic mass is 16.5. The fourth-order valence-electron chi connectivity index (χ4n) is 1.65. The van der Waals surface area contributed by atoms with Crippen molar-refractivity contribution in [2.45, 2.75) is 33.3 Å². The monoisotopic (exact) mass is 265 g/mol. The number of carboxylic acid groups (broad SMARTS) is 1. The average molecular weight is 265 g/mol. The topological polar surface area (TPSA) is 75.6 Å². The number of aryl methyl sites for hydroxylation is 2. The molecule has 2 N–H and O–H groups in total. The van der Waals surface area contributed by atoms with Crippen LogP contribution in [-0.2, 0) is 20.7 Å². The number of anilines is 1. The summed E-state index contributed by atoms with van der Waals surface area (Å²) in [6, 6.07) is 5.80. The van der Waals surface area contributed by atoms with Gasteiger partial charge in [-0.15, -0.1) is 0 Å². The maximum absolute atomic E-state index is 11.7. The second-order valence-corrected chi connectivity index (χ2v) is 4.30. The summed E-state index contributed by atoms with van der Waals surface area (Å²) in [4.78, 5) is 22.3. The summed E-state index contributed by atoms with van der Waals surface area (Å²) >= 11 is 0. The normalized spacial score (nSPS) is 11.9. The van der Waals surface area contributed by atoms with E-state index in [4.69, 9.17) is 9.84 Å². The van der Waals surface area contributed by atoms with E-state index in [2.05, 4.69) is 5.32 Å². The van der Waals surface area contributed by atoms with Gasteiger partial charge in [-0.3, -0.25) is 4.79 Å². The Morgan fingerprint density at radius 2 is 2.11 bits per heavy atom. The van der Waals surface area contributed by atoms with Crippen LogP contribution in [0.15, 0.2) is 18.2 Å². The largest absolute Gasteiger partial charge is 0.479 e. The van der Waals surface area contributed by atoms with Crippen LogP contribution >= 0.6 is 0 Å². The van der Waals surface area contributed by atoms with E-state index in [1.165, 1.54) is 6.92 Å². The molecule has 0 spiro atoms. The van der Waals surface area contributed by atoms with E-state index < -0.39 is 12.1 Å². The maximum Gasteiger partial charge on any atom is 0.332 e. The fraction of sp³-hybridized carbons (Fsp3) is 0.429. The van der Waals surface area contributed by atoms with E-state index in [0.717, 1.165) is 23.2 Å². The Bertz CT molecular complexity index is 471. The summed E-state index contributed by atoms with van der Waals surface area (Å²) in [7, 11) is 0. The van der Waals surface area contributed by atoms with Crippen molar-refractivity contribution in [3.63, 3.8) is 0 Å². The van der Waals surface area contributed by atoms with Crippen LogP contribution in [0, 0.1) is 6.92 Å². The van der Waals surface area contributed by atoms with Gasteiger partial charge in [0.2, 0.25) is 5.91 Å². The molecule has 5 heteroatoms. The summed E-state index contributed by atoms with van der Waals surface area (Å²) in [5.74, 6) is -1.44. The van der Waals surface area contributed by atoms with Gasteiger partial charge in [-0.05, 0) is 31.4 Å². The number of benzene rings is 1. The number of hydrogen-bond acceptors (Lipinski definition) is 3. The molecule has 19 heavy (non-hydrogen) atoms. The van der Waals surface area contributed by atoms with E-state index in [1.807, 2.05) is 32.0 Å². The van der Waals surface area contributed by atoms with Crippen LogP contribution in [0.5, 0.6) is 0 Å². The first-order valence-electron chi connectivity index (χ1n) is 6.18. The van der Waals surface area contributed by atoms with Crippen LogP contribution < -0.4 is 5.32 Å². The molecule has 0 aromatic heterocycles. The van der Waals surface area contributed by atoms with Crippen molar-refractivity contribution in [2.24, 2.45) is 0 Å². The highest BCUT2D eigenvalue weighted by Gasteiger charge is 2.14. The Labute approximate surface area is 112 Å². The molecule has 0 aliphatic carbocycles. The minimum absolute atomic E-state index is 0.273. The van der Waals surface area contributed by atoms with Gasteiger partial charge < -0.3 is 15.2 Å². The molecule has 0 saturated carbocycles. The molecule has 1 atom stereocenters. The molecule has 0 unspecified atom stereocenters. The third kappa shape index (κ3) is 4.37. The highest BCUT2D eigenvalue weighted by molar-refractivity contribution is 5.93. The van der Waals surface area contributed by atoms with Crippen molar-refractivity contribution < 1.29 is 19.4 Å². The van der Waals surface area contributed by atoms with Gasteiger partial charge in [-0.2, -0.15) is 0 Å². The van der Waals surface area contributed by atoms with Gasteiger partial charge in [0.15, 0.2) is 6.10 Å². The fourth-order valence-corrected chi connectivity index (χ4v) is 1.65. The first-order chi connectivity index (χ1) is 8.95. The second kappa shape index (κ2) is 6.89. The molecule has 1 rings (SSSR count). The van der Waals surface area contributed by atoms with E-state index in [-0.39, 0.29) is 12.5 Å². The third-order valence-electron chi connectivity index (χ3n) is 2.82. The molecule has 0 bridgehead atoms. The van der Waals surface area contributed by atoms with Gasteiger partial charge in [0.1, 0.15) is 6.61 Å². The molecule has 0 fully saturated rings. The number of para-hydroxylation sites is 1. The molecule has 1 aromatic rings. The Kier molecular flexibility index (Phi) is 5.51. The smallest absolute Gasteiger partial charge is 0.332 e. The highest BCUT2D eigenvalue weighted by Crippen LogP contribution is 2.20. The first-order valence-corrected chi connectivity index (χ1v) is 6.18. The van der Waals surface area contributed by atoms with E-state index in [9.17, 15) is 9.59 Å². The number of nitrogens with one attached hydrogen (secondary N) is 1. The minimum Gasteiger partial charge on any atom is -0.479 e. The lowest BCUT2D eigenvalue weighted by atomic mass is 10.1. The summed E-state index contributed by atoms with van der Waals surface area (Å²) < 4.78 is 4.94. The molecule has 104 valence electrons. The number of carboxylic acids is 1. The summed E-state index contributed by atoms with van der Waals surface area (Å²) in [5.41, 5.74) is 2.79. The third-order valence-corrected chi connectivity index (χ3v) is 2.82. The van der Waals surface area contributed by atoms with Gasteiger partial charge in [0.05, 0.1) is 0 Å². The predicted octanol–water partition coefficient (Wildman–Crippen LogP) is 1.99. The average Bonchev–Trinajstić information content (AvgIpc) is 2.38. The van der Waals surface area contributed by atoms with Gasteiger partial charge in [-0.1, -0.05) is 25.1 Å². The zero-order valence-electron chi connectivity index (χ0n) is 11.4. The standard InChI is InChI=1S/C14H19NO4/c1-4-11-7-5-6-9(2)13(11)15-12(16)8-19-10(3)14(17)18/h5-7,10H,4,8H2,1-3H3,(H,15,16)(H,17,18)/t10-/m1/s1. The summed E-state index contributed by atoms with van der Waals surface area (Å²) in [6.07, 6.45) is -0.183. The Hall–Kier alpha value is -1.88. The number of rotatable bonds is 6. The maximum atomic E-state index is 11.7. The molecule has 0 heterocycles. The van der Waals surface area contributed by atoms with Gasteiger partial charge in [-0.25, -0.2) is 4.79 Å². The van der Waals surface area contributed by atoms with Crippen molar-refractivity contribution >= 4 is 17.6 Å². The molecule has 1 amide bonds. The van der Waals surface area contributed by atoms with Crippen molar-refractivity contribution in [1.82, 2.24) is 0 Å². The van der Waals surface area contributed by atoms with Crippen molar-refractivity contribution in [1.29, 1.82) is 0 Å².